The Morgan fingerprint density at radius 3 is 2.63 bits per heavy atom. The fourth-order valence-electron chi connectivity index (χ4n) is 3.93. The van der Waals surface area contributed by atoms with Gasteiger partial charge in [-0.3, -0.25) is 9.59 Å². The van der Waals surface area contributed by atoms with Crippen LogP contribution in [0.2, 0.25) is 0 Å². The van der Waals surface area contributed by atoms with Crippen LogP contribution >= 0.6 is 0 Å². The van der Waals surface area contributed by atoms with E-state index < -0.39 is 0 Å². The molecular weight excluding hydrogens is 338 g/mol. The molecule has 2 heterocycles. The molecule has 1 fully saturated rings. The molecule has 0 spiro atoms. The summed E-state index contributed by atoms with van der Waals surface area (Å²) in [5, 5.41) is 2.95. The summed E-state index contributed by atoms with van der Waals surface area (Å²) in [4.78, 5) is 29.2. The summed E-state index contributed by atoms with van der Waals surface area (Å²) >= 11 is 0. The number of carbonyl (C=O) groups is 2. The molecule has 2 aliphatic heterocycles. The van der Waals surface area contributed by atoms with Crippen LogP contribution in [0.4, 0.5) is 5.69 Å². The van der Waals surface area contributed by atoms with E-state index in [-0.39, 0.29) is 11.8 Å². The van der Waals surface area contributed by atoms with E-state index in [0.29, 0.717) is 18.7 Å². The van der Waals surface area contributed by atoms with E-state index in [1.165, 1.54) is 6.42 Å². The van der Waals surface area contributed by atoms with Crippen LogP contribution in [0.15, 0.2) is 48.5 Å². The van der Waals surface area contributed by atoms with Crippen molar-refractivity contribution < 1.29 is 9.59 Å². The van der Waals surface area contributed by atoms with Crippen molar-refractivity contribution in [3.63, 3.8) is 0 Å². The number of carbonyl (C=O) groups excluding carboxylic acids is 2. The summed E-state index contributed by atoms with van der Waals surface area (Å²) < 4.78 is 0. The Kier molecular flexibility index (Phi) is 5.10. The highest BCUT2D eigenvalue weighted by atomic mass is 16.2. The number of hydrogen-bond acceptors (Lipinski definition) is 3. The highest BCUT2D eigenvalue weighted by Crippen LogP contribution is 2.24. The summed E-state index contributed by atoms with van der Waals surface area (Å²) in [7, 11) is 0. The zero-order valence-corrected chi connectivity index (χ0v) is 15.5. The molecule has 0 aliphatic carbocycles. The first-order chi connectivity index (χ1) is 13.2. The Morgan fingerprint density at radius 1 is 0.963 bits per heavy atom. The number of amides is 2. The highest BCUT2D eigenvalue weighted by Gasteiger charge is 2.21. The van der Waals surface area contributed by atoms with E-state index in [1.54, 1.807) is 0 Å². The number of benzene rings is 2. The highest BCUT2D eigenvalue weighted by molar-refractivity contribution is 6.00. The maximum Gasteiger partial charge on any atom is 0.253 e. The number of fused-ring (bicyclic) bond motifs is 1. The molecule has 1 N–H and O–H groups in total. The summed E-state index contributed by atoms with van der Waals surface area (Å²) in [5.74, 6) is 0.104. The third kappa shape index (κ3) is 3.82. The number of para-hydroxylation sites is 1. The molecule has 140 valence electrons. The number of hydrogen-bond donors (Lipinski definition) is 1. The number of nitrogens with zero attached hydrogens (tertiary/aromatic N) is 2. The first-order valence-corrected chi connectivity index (χ1v) is 9.73. The van der Waals surface area contributed by atoms with Gasteiger partial charge in [-0.2, -0.15) is 0 Å². The number of anilines is 1. The van der Waals surface area contributed by atoms with E-state index in [9.17, 15) is 9.59 Å². The monoisotopic (exact) mass is 363 g/mol. The molecule has 5 heteroatoms. The Balaban J connectivity index is 1.55. The minimum atomic E-state index is -0.0258. The molecule has 2 aliphatic rings. The second kappa shape index (κ2) is 7.82. The van der Waals surface area contributed by atoms with Crippen molar-refractivity contribution >= 4 is 17.5 Å². The summed E-state index contributed by atoms with van der Waals surface area (Å²) in [5.41, 5.74) is 3.49. The SMILES string of the molecule is O=C1NCCN(Cc2cccc(C(=O)N3CCCCC3)c2)c2ccccc21. The molecule has 0 atom stereocenters. The molecule has 0 aromatic heterocycles. The zero-order valence-electron chi connectivity index (χ0n) is 15.5. The maximum absolute atomic E-state index is 12.8. The predicted octanol–water partition coefficient (Wildman–Crippen LogP) is 3.06. The quantitative estimate of drug-likeness (QED) is 0.912. The second-order valence-electron chi connectivity index (χ2n) is 7.25. The van der Waals surface area contributed by atoms with Crippen LogP contribution in [0.5, 0.6) is 0 Å². The van der Waals surface area contributed by atoms with Crippen LogP contribution in [-0.2, 0) is 6.54 Å². The topological polar surface area (TPSA) is 52.7 Å². The van der Waals surface area contributed by atoms with Gasteiger partial charge in [0.05, 0.1) is 5.56 Å². The number of likely N-dealkylation sites (tertiary alicyclic amines) is 1. The van der Waals surface area contributed by atoms with Crippen molar-refractivity contribution in [3.05, 3.63) is 65.2 Å². The largest absolute Gasteiger partial charge is 0.365 e. The van der Waals surface area contributed by atoms with Gasteiger partial charge in [0.2, 0.25) is 0 Å². The van der Waals surface area contributed by atoms with E-state index in [2.05, 4.69) is 16.3 Å². The first-order valence-electron chi connectivity index (χ1n) is 9.73. The van der Waals surface area contributed by atoms with Gasteiger partial charge < -0.3 is 15.1 Å². The summed E-state index contributed by atoms with van der Waals surface area (Å²) in [6, 6.07) is 15.6. The molecule has 0 radical (unpaired) electrons. The average molecular weight is 363 g/mol. The van der Waals surface area contributed by atoms with Gasteiger partial charge in [0.1, 0.15) is 0 Å². The molecule has 1 saturated heterocycles. The van der Waals surface area contributed by atoms with E-state index in [0.717, 1.165) is 49.3 Å². The fourth-order valence-corrected chi connectivity index (χ4v) is 3.93. The number of rotatable bonds is 3. The van der Waals surface area contributed by atoms with E-state index in [1.807, 2.05) is 47.4 Å². The standard InChI is InChI=1S/C22H25N3O2/c26-21-19-9-2-3-10-20(19)25(14-11-23-21)16-17-7-6-8-18(15-17)22(27)24-12-4-1-5-13-24/h2-3,6-10,15H,1,4-5,11-14,16H2,(H,23,26). The average Bonchev–Trinajstić information content (AvgIpc) is 2.88. The fraction of sp³-hybridized carbons (Fsp3) is 0.364. The third-order valence-corrected chi connectivity index (χ3v) is 5.35. The van der Waals surface area contributed by atoms with Crippen LogP contribution in [-0.4, -0.2) is 42.9 Å². The lowest BCUT2D eigenvalue weighted by Crippen LogP contribution is -2.35. The van der Waals surface area contributed by atoms with Crippen molar-refractivity contribution in [2.75, 3.05) is 31.1 Å². The number of piperidine rings is 1. The number of nitrogens with one attached hydrogen (secondary N) is 1. The van der Waals surface area contributed by atoms with Gasteiger partial charge in [-0.05, 0) is 49.1 Å². The van der Waals surface area contributed by atoms with Crippen LogP contribution in [0.25, 0.3) is 0 Å². The minimum Gasteiger partial charge on any atom is -0.365 e. The van der Waals surface area contributed by atoms with Gasteiger partial charge in [0.25, 0.3) is 11.8 Å². The molecular formula is C22H25N3O2. The van der Waals surface area contributed by atoms with E-state index in [4.69, 9.17) is 0 Å². The van der Waals surface area contributed by atoms with Gasteiger partial charge in [0.15, 0.2) is 0 Å². The second-order valence-corrected chi connectivity index (χ2v) is 7.25. The summed E-state index contributed by atoms with van der Waals surface area (Å²) in [6.07, 6.45) is 3.40. The molecule has 2 amide bonds. The Labute approximate surface area is 160 Å². The molecule has 2 aromatic rings. The van der Waals surface area contributed by atoms with Crippen molar-refractivity contribution in [2.24, 2.45) is 0 Å². The Morgan fingerprint density at radius 2 is 1.78 bits per heavy atom. The zero-order chi connectivity index (χ0) is 18.6. The van der Waals surface area contributed by atoms with E-state index >= 15 is 0 Å². The molecule has 0 unspecified atom stereocenters. The van der Waals surface area contributed by atoms with Crippen molar-refractivity contribution in [1.29, 1.82) is 0 Å². The molecule has 2 aromatic carbocycles. The van der Waals surface area contributed by atoms with Crippen molar-refractivity contribution in [3.8, 4) is 0 Å². The van der Waals surface area contributed by atoms with Gasteiger partial charge >= 0.3 is 0 Å². The lowest BCUT2D eigenvalue weighted by atomic mass is 10.1. The van der Waals surface area contributed by atoms with Crippen LogP contribution < -0.4 is 10.2 Å². The molecule has 27 heavy (non-hydrogen) atoms. The smallest absolute Gasteiger partial charge is 0.253 e. The Hall–Kier alpha value is -2.82. The molecule has 4 rings (SSSR count). The van der Waals surface area contributed by atoms with Crippen molar-refractivity contribution in [1.82, 2.24) is 10.2 Å². The van der Waals surface area contributed by atoms with Crippen molar-refractivity contribution in [2.45, 2.75) is 25.8 Å². The normalized spacial score (nSPS) is 17.1. The van der Waals surface area contributed by atoms with Gasteiger partial charge in [-0.25, -0.2) is 0 Å². The lowest BCUT2D eigenvalue weighted by Gasteiger charge is -2.27. The van der Waals surface area contributed by atoms with Gasteiger partial charge in [-0.1, -0.05) is 24.3 Å². The maximum atomic E-state index is 12.8. The lowest BCUT2D eigenvalue weighted by molar-refractivity contribution is 0.0724. The van der Waals surface area contributed by atoms with Crippen LogP contribution in [0.3, 0.4) is 0 Å². The third-order valence-electron chi connectivity index (χ3n) is 5.35. The summed E-state index contributed by atoms with van der Waals surface area (Å²) in [6.45, 7) is 3.74. The van der Waals surface area contributed by atoms with Crippen LogP contribution in [0, 0.1) is 0 Å². The van der Waals surface area contributed by atoms with Gasteiger partial charge in [0, 0.05) is 44.0 Å². The molecule has 0 saturated carbocycles. The van der Waals surface area contributed by atoms with Gasteiger partial charge in [-0.15, -0.1) is 0 Å². The Bertz CT molecular complexity index is 843. The van der Waals surface area contributed by atoms with Crippen LogP contribution in [0.1, 0.15) is 45.5 Å². The minimum absolute atomic E-state index is 0.0258. The molecule has 5 nitrogen and oxygen atoms in total. The predicted molar refractivity (Wildman–Crippen MR) is 106 cm³/mol. The first kappa shape index (κ1) is 17.6. The molecule has 0 bridgehead atoms.